The van der Waals surface area contributed by atoms with Crippen molar-refractivity contribution in [2.24, 2.45) is 0 Å². The molecule has 6 heteroatoms. The van der Waals surface area contributed by atoms with Gasteiger partial charge in [-0.1, -0.05) is 157 Å². The van der Waals surface area contributed by atoms with E-state index in [0.717, 1.165) is 37.1 Å². The molecule has 0 saturated carbocycles. The van der Waals surface area contributed by atoms with Crippen LogP contribution in [0.15, 0.2) is 127 Å². The van der Waals surface area contributed by atoms with Crippen LogP contribution in [0.1, 0.15) is 66.2 Å². The fraction of sp³-hybridized carbons (Fsp3) is 0.388. The molecule has 6 nitrogen and oxygen atoms in total. The Hall–Kier alpha value is -4.62. The summed E-state index contributed by atoms with van der Waals surface area (Å²) < 4.78 is 32.1. The van der Waals surface area contributed by atoms with Crippen molar-refractivity contribution in [2.45, 2.75) is 84.5 Å². The first kappa shape index (κ1) is 41.5. The Kier molecular flexibility index (Phi) is 17.6. The summed E-state index contributed by atoms with van der Waals surface area (Å²) in [5, 5.41) is 7.37. The minimum Gasteiger partial charge on any atom is -0.491 e. The van der Waals surface area contributed by atoms with E-state index in [1.54, 1.807) is 0 Å². The highest BCUT2D eigenvalue weighted by atomic mass is 16.6. The fourth-order valence-electron chi connectivity index (χ4n) is 5.54. The predicted molar refractivity (Wildman–Crippen MR) is 228 cm³/mol. The summed E-state index contributed by atoms with van der Waals surface area (Å²) in [5.41, 5.74) is 0. The van der Waals surface area contributed by atoms with Crippen LogP contribution in [-0.4, -0.2) is 58.0 Å². The zero-order valence-electron chi connectivity index (χ0n) is 33.3. The van der Waals surface area contributed by atoms with Crippen molar-refractivity contribution in [1.82, 2.24) is 0 Å². The van der Waals surface area contributed by atoms with Gasteiger partial charge in [-0.05, 0) is 68.7 Å². The molecule has 292 valence electrons. The molecule has 0 bridgehead atoms. The van der Waals surface area contributed by atoms with Gasteiger partial charge in [0.1, 0.15) is 55.4 Å². The number of hydrogen-bond donors (Lipinski definition) is 0. The van der Waals surface area contributed by atoms with Gasteiger partial charge in [-0.2, -0.15) is 0 Å². The predicted octanol–water partition coefficient (Wildman–Crippen LogP) is 12.2. The van der Waals surface area contributed by atoms with E-state index in [2.05, 4.69) is 100 Å². The summed E-state index contributed by atoms with van der Waals surface area (Å²) >= 11 is 0. The number of benzene rings is 6. The van der Waals surface area contributed by atoms with E-state index in [4.69, 9.17) is 28.4 Å². The van der Waals surface area contributed by atoms with Crippen molar-refractivity contribution >= 4 is 32.3 Å². The SMILES string of the molecule is CCCCC.CCCCC.c1ccc2cc(OCC3CO3)ccc2c1.c1ccc2cc(OCC3CO3)ccc2c1.c1ccc2cc(OCC3CO3)ccc2c1. The molecule has 0 amide bonds. The van der Waals surface area contributed by atoms with Gasteiger partial charge in [-0.3, -0.25) is 0 Å². The molecule has 3 saturated heterocycles. The van der Waals surface area contributed by atoms with Gasteiger partial charge in [0.15, 0.2) is 0 Å². The van der Waals surface area contributed by atoms with E-state index in [9.17, 15) is 0 Å². The molecule has 3 aliphatic rings. The Morgan fingerprint density at radius 2 is 0.636 bits per heavy atom. The third-order valence-electron chi connectivity index (χ3n) is 9.09. The summed E-state index contributed by atoms with van der Waals surface area (Å²) in [5.74, 6) is 2.76. The van der Waals surface area contributed by atoms with Crippen molar-refractivity contribution in [2.75, 3.05) is 39.6 Å². The first-order valence-corrected chi connectivity index (χ1v) is 20.3. The van der Waals surface area contributed by atoms with Crippen LogP contribution >= 0.6 is 0 Å². The molecular weight excluding hydrogens is 685 g/mol. The van der Waals surface area contributed by atoms with Gasteiger partial charge in [0.2, 0.25) is 0 Å². The zero-order valence-corrected chi connectivity index (χ0v) is 33.3. The van der Waals surface area contributed by atoms with Gasteiger partial charge >= 0.3 is 0 Å². The third-order valence-corrected chi connectivity index (χ3v) is 9.09. The highest BCUT2D eigenvalue weighted by molar-refractivity contribution is 5.85. The van der Waals surface area contributed by atoms with Gasteiger partial charge < -0.3 is 28.4 Å². The second-order valence-corrected chi connectivity index (χ2v) is 14.0. The summed E-state index contributed by atoms with van der Waals surface area (Å²) in [6, 6.07) is 43.3. The number of rotatable bonds is 13. The molecular formula is C49H60O6. The molecule has 3 fully saturated rings. The van der Waals surface area contributed by atoms with Crippen molar-refractivity contribution in [1.29, 1.82) is 0 Å². The van der Waals surface area contributed by atoms with Crippen molar-refractivity contribution in [3.05, 3.63) is 127 Å². The Morgan fingerprint density at radius 3 is 0.855 bits per heavy atom. The average Bonchev–Trinajstić information content (AvgIpc) is 4.07. The highest BCUT2D eigenvalue weighted by Crippen LogP contribution is 2.24. The normalized spacial score (nSPS) is 17.1. The van der Waals surface area contributed by atoms with Crippen LogP contribution in [0.4, 0.5) is 0 Å². The van der Waals surface area contributed by atoms with E-state index >= 15 is 0 Å². The third kappa shape index (κ3) is 15.9. The molecule has 3 heterocycles. The standard InChI is InChI=1S/3C13H12O2.2C5H12/c3*1-2-4-11-7-12(6-5-10(11)3-1)14-8-13-9-15-13;2*1-3-5-4-2/h3*1-7,13H,8-9H2;2*3-5H2,1-2H3. The number of unbranched alkanes of at least 4 members (excludes halogenated alkanes) is 4. The van der Waals surface area contributed by atoms with Gasteiger partial charge in [0.05, 0.1) is 19.8 Å². The first-order valence-electron chi connectivity index (χ1n) is 20.3. The van der Waals surface area contributed by atoms with Gasteiger partial charge in [0.25, 0.3) is 0 Å². The Labute approximate surface area is 328 Å². The van der Waals surface area contributed by atoms with Gasteiger partial charge in [-0.25, -0.2) is 0 Å². The van der Waals surface area contributed by atoms with Crippen molar-refractivity contribution in [3.63, 3.8) is 0 Å². The summed E-state index contributed by atoms with van der Waals surface area (Å²) in [7, 11) is 0. The molecule has 3 aliphatic heterocycles. The van der Waals surface area contributed by atoms with E-state index < -0.39 is 0 Å². The van der Waals surface area contributed by atoms with Crippen LogP contribution < -0.4 is 14.2 Å². The second-order valence-electron chi connectivity index (χ2n) is 14.0. The zero-order chi connectivity index (χ0) is 38.5. The van der Waals surface area contributed by atoms with Crippen LogP contribution in [-0.2, 0) is 14.2 Å². The molecule has 0 spiro atoms. The number of ether oxygens (including phenoxy) is 6. The Bertz CT molecular complexity index is 1740. The molecule has 3 atom stereocenters. The monoisotopic (exact) mass is 744 g/mol. The van der Waals surface area contributed by atoms with Crippen LogP contribution in [0.5, 0.6) is 17.2 Å². The van der Waals surface area contributed by atoms with Gasteiger partial charge in [0, 0.05) is 0 Å². The van der Waals surface area contributed by atoms with E-state index in [1.807, 2.05) is 54.6 Å². The lowest BCUT2D eigenvalue weighted by Crippen LogP contribution is -2.03. The number of fused-ring (bicyclic) bond motifs is 3. The highest BCUT2D eigenvalue weighted by Gasteiger charge is 2.24. The lowest BCUT2D eigenvalue weighted by molar-refractivity contribution is 0.263. The molecule has 3 unspecified atom stereocenters. The molecule has 9 rings (SSSR count). The van der Waals surface area contributed by atoms with Crippen LogP contribution in [0, 0.1) is 0 Å². The van der Waals surface area contributed by atoms with Crippen LogP contribution in [0.25, 0.3) is 32.3 Å². The maximum absolute atomic E-state index is 5.61. The number of epoxide rings is 3. The lowest BCUT2D eigenvalue weighted by Gasteiger charge is -2.05. The van der Waals surface area contributed by atoms with E-state index in [0.29, 0.717) is 38.1 Å². The molecule has 55 heavy (non-hydrogen) atoms. The fourth-order valence-corrected chi connectivity index (χ4v) is 5.54. The molecule has 0 aliphatic carbocycles. The van der Waals surface area contributed by atoms with Gasteiger partial charge in [-0.15, -0.1) is 0 Å². The maximum Gasteiger partial charge on any atom is 0.120 e. The first-order chi connectivity index (χ1) is 27.1. The molecule has 6 aromatic rings. The Balaban J connectivity index is 0.000000141. The molecule has 6 aromatic carbocycles. The lowest BCUT2D eigenvalue weighted by atomic mass is 10.1. The van der Waals surface area contributed by atoms with E-state index in [1.165, 1.54) is 70.8 Å². The van der Waals surface area contributed by atoms with Crippen LogP contribution in [0.2, 0.25) is 0 Å². The molecule has 0 aromatic heterocycles. The minimum atomic E-state index is 0.316. The minimum absolute atomic E-state index is 0.316. The summed E-state index contributed by atoms with van der Waals surface area (Å²) in [4.78, 5) is 0. The van der Waals surface area contributed by atoms with Crippen molar-refractivity contribution < 1.29 is 28.4 Å². The Morgan fingerprint density at radius 1 is 0.382 bits per heavy atom. The number of hydrogen-bond acceptors (Lipinski definition) is 6. The smallest absolute Gasteiger partial charge is 0.120 e. The maximum atomic E-state index is 5.61. The quantitative estimate of drug-likeness (QED) is 0.110. The van der Waals surface area contributed by atoms with Crippen LogP contribution in [0.3, 0.4) is 0 Å². The van der Waals surface area contributed by atoms with E-state index in [-0.39, 0.29) is 0 Å². The molecule has 0 radical (unpaired) electrons. The largest absolute Gasteiger partial charge is 0.491 e. The molecule has 0 N–H and O–H groups in total. The average molecular weight is 745 g/mol. The summed E-state index contributed by atoms with van der Waals surface area (Å²) in [6.07, 6.45) is 9.10. The van der Waals surface area contributed by atoms with Crippen molar-refractivity contribution in [3.8, 4) is 17.2 Å². The topological polar surface area (TPSA) is 65.3 Å². The summed E-state index contributed by atoms with van der Waals surface area (Å²) in [6.45, 7) is 13.4. The second kappa shape index (κ2) is 23.3.